The van der Waals surface area contributed by atoms with Gasteiger partial charge in [0.05, 0.1) is 23.3 Å². The number of benzene rings is 1. The van der Waals surface area contributed by atoms with Gasteiger partial charge in [-0.05, 0) is 31.5 Å². The monoisotopic (exact) mass is 253 g/mol. The van der Waals surface area contributed by atoms with Crippen LogP contribution in [0.5, 0.6) is 5.75 Å². The van der Waals surface area contributed by atoms with E-state index >= 15 is 0 Å². The molecule has 84 valence electrons. The van der Waals surface area contributed by atoms with Crippen molar-refractivity contribution in [3.05, 3.63) is 33.1 Å². The normalized spacial score (nSPS) is 10.5. The van der Waals surface area contributed by atoms with Crippen LogP contribution in [0.3, 0.4) is 0 Å². The van der Waals surface area contributed by atoms with Gasteiger partial charge in [0.15, 0.2) is 0 Å². The van der Waals surface area contributed by atoms with Gasteiger partial charge in [0.1, 0.15) is 5.75 Å². The van der Waals surface area contributed by atoms with Gasteiger partial charge in [0, 0.05) is 10.4 Å². The molecule has 1 aromatic heterocycles. The van der Waals surface area contributed by atoms with Crippen LogP contribution in [0, 0.1) is 13.8 Å². The lowest BCUT2D eigenvalue weighted by atomic mass is 10.1. The third kappa shape index (κ3) is 1.93. The first-order valence-corrected chi connectivity index (χ1v) is 6.14. The molecule has 0 saturated heterocycles. The summed E-state index contributed by atoms with van der Waals surface area (Å²) in [6.45, 7) is 4.04. The van der Waals surface area contributed by atoms with E-state index < -0.39 is 0 Å². The summed E-state index contributed by atoms with van der Waals surface area (Å²) in [6.07, 6.45) is 0. The van der Waals surface area contributed by atoms with E-state index in [2.05, 4.69) is 4.98 Å². The Bertz CT molecular complexity index is 522. The highest BCUT2D eigenvalue weighted by molar-refractivity contribution is 7.10. The zero-order chi connectivity index (χ0) is 11.7. The highest BCUT2D eigenvalue weighted by Crippen LogP contribution is 2.35. The summed E-state index contributed by atoms with van der Waals surface area (Å²) < 4.78 is 5.23. The average molecular weight is 254 g/mol. The van der Waals surface area contributed by atoms with Gasteiger partial charge in [0.25, 0.3) is 0 Å². The summed E-state index contributed by atoms with van der Waals surface area (Å²) in [6, 6.07) is 3.86. The fraction of sp³-hybridized carbons (Fsp3) is 0.250. The van der Waals surface area contributed by atoms with Crippen molar-refractivity contribution in [3.63, 3.8) is 0 Å². The predicted octanol–water partition coefficient (Wildman–Crippen LogP) is 4.09. The molecule has 0 bridgehead atoms. The van der Waals surface area contributed by atoms with Gasteiger partial charge < -0.3 is 4.74 Å². The maximum Gasteiger partial charge on any atom is 0.123 e. The lowest BCUT2D eigenvalue weighted by Gasteiger charge is -2.09. The number of hydrogen-bond donors (Lipinski definition) is 0. The molecular formula is C12H12ClNOS. The molecule has 2 nitrogen and oxygen atoms in total. The van der Waals surface area contributed by atoms with E-state index in [0.717, 1.165) is 22.6 Å². The van der Waals surface area contributed by atoms with Crippen LogP contribution in [0.4, 0.5) is 0 Å². The molecule has 0 saturated carbocycles. The number of methoxy groups -OCH3 is 1. The van der Waals surface area contributed by atoms with Gasteiger partial charge >= 0.3 is 0 Å². The minimum Gasteiger partial charge on any atom is -0.496 e. The molecule has 0 spiro atoms. The van der Waals surface area contributed by atoms with Crippen LogP contribution in [0.1, 0.15) is 10.4 Å². The second kappa shape index (κ2) is 4.44. The van der Waals surface area contributed by atoms with Crippen molar-refractivity contribution in [2.45, 2.75) is 13.8 Å². The molecule has 1 aromatic carbocycles. The smallest absolute Gasteiger partial charge is 0.123 e. The first-order valence-electron chi connectivity index (χ1n) is 4.88. The predicted molar refractivity (Wildman–Crippen MR) is 68.6 cm³/mol. The molecule has 2 rings (SSSR count). The van der Waals surface area contributed by atoms with Crippen molar-refractivity contribution in [3.8, 4) is 17.0 Å². The van der Waals surface area contributed by atoms with E-state index in [1.807, 2.05) is 31.5 Å². The number of aryl methyl sites for hydroxylation is 2. The van der Waals surface area contributed by atoms with Gasteiger partial charge in [-0.1, -0.05) is 11.6 Å². The summed E-state index contributed by atoms with van der Waals surface area (Å²) >= 11 is 7.85. The number of halogens is 1. The van der Waals surface area contributed by atoms with Crippen LogP contribution in [-0.2, 0) is 0 Å². The van der Waals surface area contributed by atoms with Gasteiger partial charge in [-0.3, -0.25) is 0 Å². The van der Waals surface area contributed by atoms with Gasteiger partial charge in [-0.2, -0.15) is 0 Å². The minimum atomic E-state index is 0.677. The van der Waals surface area contributed by atoms with Crippen molar-refractivity contribution in [1.29, 1.82) is 0 Å². The number of hydrogen-bond acceptors (Lipinski definition) is 3. The Balaban J connectivity index is 2.59. The molecule has 1 heterocycles. The van der Waals surface area contributed by atoms with E-state index in [4.69, 9.17) is 16.3 Å². The van der Waals surface area contributed by atoms with Gasteiger partial charge in [-0.15, -0.1) is 11.3 Å². The second-order valence-electron chi connectivity index (χ2n) is 3.56. The third-order valence-electron chi connectivity index (χ3n) is 2.48. The Morgan fingerprint density at radius 1 is 1.31 bits per heavy atom. The quantitative estimate of drug-likeness (QED) is 0.804. The van der Waals surface area contributed by atoms with E-state index in [0.29, 0.717) is 5.02 Å². The van der Waals surface area contributed by atoms with Crippen LogP contribution in [0.25, 0.3) is 11.3 Å². The van der Waals surface area contributed by atoms with Crippen molar-refractivity contribution < 1.29 is 4.74 Å². The molecule has 16 heavy (non-hydrogen) atoms. The van der Waals surface area contributed by atoms with E-state index in [9.17, 15) is 0 Å². The van der Waals surface area contributed by atoms with Crippen molar-refractivity contribution in [2.24, 2.45) is 0 Å². The number of rotatable bonds is 2. The SMILES string of the molecule is COc1cc(Cl)c(-c2ncsc2C)cc1C. The van der Waals surface area contributed by atoms with Gasteiger partial charge in [0.2, 0.25) is 0 Å². The van der Waals surface area contributed by atoms with Crippen LogP contribution in [-0.4, -0.2) is 12.1 Å². The molecule has 0 unspecified atom stereocenters. The molecule has 4 heteroatoms. The lowest BCUT2D eigenvalue weighted by molar-refractivity contribution is 0.412. The Morgan fingerprint density at radius 2 is 2.06 bits per heavy atom. The maximum atomic E-state index is 6.23. The highest BCUT2D eigenvalue weighted by atomic mass is 35.5. The van der Waals surface area contributed by atoms with Crippen molar-refractivity contribution in [1.82, 2.24) is 4.98 Å². The standard InChI is InChI=1S/C12H12ClNOS/c1-7-4-9(10(13)5-11(7)15-3)12-8(2)16-6-14-12/h4-6H,1-3H3. The topological polar surface area (TPSA) is 22.1 Å². The Kier molecular flexibility index (Phi) is 3.17. The second-order valence-corrected chi connectivity index (χ2v) is 5.02. The van der Waals surface area contributed by atoms with E-state index in [1.165, 1.54) is 4.88 Å². The molecule has 0 N–H and O–H groups in total. The Labute approximate surface area is 104 Å². The lowest BCUT2D eigenvalue weighted by Crippen LogP contribution is -1.90. The fourth-order valence-corrected chi connectivity index (χ4v) is 2.46. The third-order valence-corrected chi connectivity index (χ3v) is 3.55. The average Bonchev–Trinajstić information content (AvgIpc) is 2.67. The molecule has 0 aliphatic heterocycles. The highest BCUT2D eigenvalue weighted by Gasteiger charge is 2.12. The summed E-state index contributed by atoms with van der Waals surface area (Å²) in [5, 5.41) is 0.677. The molecule has 0 aliphatic rings. The summed E-state index contributed by atoms with van der Waals surface area (Å²) in [5.74, 6) is 0.807. The molecule has 0 atom stereocenters. The van der Waals surface area contributed by atoms with Crippen molar-refractivity contribution >= 4 is 22.9 Å². The fourth-order valence-electron chi connectivity index (χ4n) is 1.63. The molecule has 2 aromatic rings. The zero-order valence-corrected chi connectivity index (χ0v) is 10.9. The summed E-state index contributed by atoms with van der Waals surface area (Å²) in [7, 11) is 1.65. The number of nitrogens with zero attached hydrogens (tertiary/aromatic N) is 1. The number of thiazole rings is 1. The minimum absolute atomic E-state index is 0.677. The van der Waals surface area contributed by atoms with Crippen molar-refractivity contribution in [2.75, 3.05) is 7.11 Å². The van der Waals surface area contributed by atoms with Crippen LogP contribution in [0.15, 0.2) is 17.6 Å². The molecule has 0 aliphatic carbocycles. The van der Waals surface area contributed by atoms with Crippen LogP contribution in [0.2, 0.25) is 5.02 Å². The summed E-state index contributed by atoms with van der Waals surface area (Å²) in [5.41, 5.74) is 4.83. The maximum absolute atomic E-state index is 6.23. The number of ether oxygens (including phenoxy) is 1. The zero-order valence-electron chi connectivity index (χ0n) is 9.37. The van der Waals surface area contributed by atoms with E-state index in [-0.39, 0.29) is 0 Å². The Morgan fingerprint density at radius 3 is 2.62 bits per heavy atom. The molecule has 0 fully saturated rings. The molecular weight excluding hydrogens is 242 g/mol. The molecule has 0 radical (unpaired) electrons. The largest absolute Gasteiger partial charge is 0.496 e. The first-order chi connectivity index (χ1) is 7.63. The first kappa shape index (κ1) is 11.4. The number of aromatic nitrogens is 1. The van der Waals surface area contributed by atoms with Gasteiger partial charge in [-0.25, -0.2) is 4.98 Å². The molecule has 0 amide bonds. The van der Waals surface area contributed by atoms with E-state index in [1.54, 1.807) is 18.4 Å². The van der Waals surface area contributed by atoms with Crippen LogP contribution >= 0.6 is 22.9 Å². The Hall–Kier alpha value is -1.06. The summed E-state index contributed by atoms with van der Waals surface area (Å²) in [4.78, 5) is 5.51. The van der Waals surface area contributed by atoms with Crippen LogP contribution < -0.4 is 4.74 Å².